The van der Waals surface area contributed by atoms with E-state index in [0.717, 1.165) is 5.56 Å². The predicted octanol–water partition coefficient (Wildman–Crippen LogP) is 3.81. The minimum absolute atomic E-state index is 0.0216. The summed E-state index contributed by atoms with van der Waals surface area (Å²) < 4.78 is 11.1. The molecule has 1 aliphatic rings. The van der Waals surface area contributed by atoms with Crippen molar-refractivity contribution in [3.05, 3.63) is 90.0 Å². The third-order valence-electron chi connectivity index (χ3n) is 5.82. The molecule has 1 atom stereocenters. The van der Waals surface area contributed by atoms with Crippen LogP contribution in [0, 0.1) is 0 Å². The van der Waals surface area contributed by atoms with Crippen molar-refractivity contribution in [2.24, 2.45) is 0 Å². The van der Waals surface area contributed by atoms with Crippen LogP contribution >= 0.6 is 0 Å². The number of amides is 3. The van der Waals surface area contributed by atoms with Crippen molar-refractivity contribution in [3.8, 4) is 11.5 Å². The van der Waals surface area contributed by atoms with Crippen molar-refractivity contribution in [1.29, 1.82) is 0 Å². The molecule has 1 heterocycles. The normalized spacial score (nSPS) is 12.8. The van der Waals surface area contributed by atoms with Gasteiger partial charge in [-0.05, 0) is 36.8 Å². The zero-order valence-corrected chi connectivity index (χ0v) is 20.1. The number of ether oxygens (including phenoxy) is 2. The first-order valence-electron chi connectivity index (χ1n) is 11.9. The van der Waals surface area contributed by atoms with E-state index in [0.29, 0.717) is 42.5 Å². The Kier molecular flexibility index (Phi) is 8.18. The highest BCUT2D eigenvalue weighted by Gasteiger charge is 2.23. The van der Waals surface area contributed by atoms with Crippen LogP contribution in [0.5, 0.6) is 11.5 Å². The van der Waals surface area contributed by atoms with Gasteiger partial charge in [0.05, 0.1) is 19.0 Å². The van der Waals surface area contributed by atoms with Crippen LogP contribution in [-0.4, -0.2) is 48.9 Å². The van der Waals surface area contributed by atoms with E-state index in [1.54, 1.807) is 42.5 Å². The van der Waals surface area contributed by atoms with E-state index in [-0.39, 0.29) is 30.7 Å². The van der Waals surface area contributed by atoms with Gasteiger partial charge in [-0.2, -0.15) is 0 Å². The van der Waals surface area contributed by atoms with Gasteiger partial charge in [0, 0.05) is 23.9 Å². The molecule has 0 aromatic heterocycles. The lowest BCUT2D eigenvalue weighted by molar-refractivity contribution is -0.134. The van der Waals surface area contributed by atoms with Gasteiger partial charge in [-0.25, -0.2) is 0 Å². The van der Waals surface area contributed by atoms with Crippen molar-refractivity contribution >= 4 is 23.4 Å². The SMILES string of the molecule is CCN(CC(=O)Nc1ccc2c(c1)OCCO2)C(=O)CC(NC(=O)c1ccccc1)c1ccccc1. The van der Waals surface area contributed by atoms with Gasteiger partial charge in [0.1, 0.15) is 13.2 Å². The molecule has 186 valence electrons. The number of benzene rings is 3. The molecule has 8 heteroatoms. The number of likely N-dealkylation sites (N-methyl/N-ethyl adjacent to an activating group) is 1. The quantitative estimate of drug-likeness (QED) is 0.479. The Morgan fingerprint density at radius 2 is 1.56 bits per heavy atom. The summed E-state index contributed by atoms with van der Waals surface area (Å²) in [6.45, 7) is 2.99. The summed E-state index contributed by atoms with van der Waals surface area (Å²) in [6, 6.07) is 22.8. The van der Waals surface area contributed by atoms with Gasteiger partial charge >= 0.3 is 0 Å². The molecule has 3 aromatic carbocycles. The van der Waals surface area contributed by atoms with Crippen molar-refractivity contribution in [3.63, 3.8) is 0 Å². The molecule has 0 saturated heterocycles. The van der Waals surface area contributed by atoms with E-state index < -0.39 is 6.04 Å². The third-order valence-corrected chi connectivity index (χ3v) is 5.82. The Morgan fingerprint density at radius 1 is 0.889 bits per heavy atom. The summed E-state index contributed by atoms with van der Waals surface area (Å²) in [7, 11) is 0. The second-order valence-electron chi connectivity index (χ2n) is 8.32. The van der Waals surface area contributed by atoms with E-state index in [4.69, 9.17) is 9.47 Å². The topological polar surface area (TPSA) is 97.0 Å². The number of hydrogen-bond donors (Lipinski definition) is 2. The molecule has 0 fully saturated rings. The minimum Gasteiger partial charge on any atom is -0.486 e. The molecule has 1 unspecified atom stereocenters. The highest BCUT2D eigenvalue weighted by atomic mass is 16.6. The zero-order valence-electron chi connectivity index (χ0n) is 20.1. The monoisotopic (exact) mass is 487 g/mol. The Labute approximate surface area is 210 Å². The fraction of sp³-hybridized carbons (Fsp3) is 0.250. The molecule has 0 radical (unpaired) electrons. The molecule has 2 N–H and O–H groups in total. The van der Waals surface area contributed by atoms with Crippen LogP contribution in [0.4, 0.5) is 5.69 Å². The highest BCUT2D eigenvalue weighted by molar-refractivity contribution is 5.96. The molecule has 36 heavy (non-hydrogen) atoms. The number of carbonyl (C=O) groups is 3. The van der Waals surface area contributed by atoms with E-state index in [1.807, 2.05) is 43.3 Å². The molecule has 0 aliphatic carbocycles. The Balaban J connectivity index is 1.41. The molecular formula is C28H29N3O5. The summed E-state index contributed by atoms with van der Waals surface area (Å²) >= 11 is 0. The maximum Gasteiger partial charge on any atom is 0.251 e. The van der Waals surface area contributed by atoms with Crippen molar-refractivity contribution < 1.29 is 23.9 Å². The predicted molar refractivity (Wildman–Crippen MR) is 136 cm³/mol. The van der Waals surface area contributed by atoms with Crippen molar-refractivity contribution in [1.82, 2.24) is 10.2 Å². The molecule has 1 aliphatic heterocycles. The van der Waals surface area contributed by atoms with Crippen molar-refractivity contribution in [2.45, 2.75) is 19.4 Å². The second kappa shape index (κ2) is 11.9. The number of nitrogens with one attached hydrogen (secondary N) is 2. The lowest BCUT2D eigenvalue weighted by atomic mass is 10.0. The summed E-state index contributed by atoms with van der Waals surface area (Å²) in [5, 5.41) is 5.78. The summed E-state index contributed by atoms with van der Waals surface area (Å²) in [5.41, 5.74) is 1.88. The van der Waals surface area contributed by atoms with Crippen LogP contribution in [0.15, 0.2) is 78.9 Å². The fourth-order valence-electron chi connectivity index (χ4n) is 3.94. The number of hydrogen-bond acceptors (Lipinski definition) is 5. The van der Waals surface area contributed by atoms with Gasteiger partial charge in [0.15, 0.2) is 11.5 Å². The molecule has 0 bridgehead atoms. The van der Waals surface area contributed by atoms with E-state index in [2.05, 4.69) is 10.6 Å². The van der Waals surface area contributed by atoms with Crippen LogP contribution in [-0.2, 0) is 9.59 Å². The first kappa shape index (κ1) is 24.8. The maximum absolute atomic E-state index is 13.2. The van der Waals surface area contributed by atoms with Crippen LogP contribution < -0.4 is 20.1 Å². The standard InChI is InChI=1S/C28H29N3O5/c1-2-31(19-26(32)29-22-13-14-24-25(17-22)36-16-15-35-24)27(33)18-23(20-9-5-3-6-10-20)30-28(34)21-11-7-4-8-12-21/h3-14,17,23H,2,15-16,18-19H2,1H3,(H,29,32)(H,30,34). The van der Waals surface area contributed by atoms with E-state index in [1.165, 1.54) is 4.90 Å². The first-order valence-corrected chi connectivity index (χ1v) is 11.9. The van der Waals surface area contributed by atoms with Gasteiger partial charge in [-0.15, -0.1) is 0 Å². The first-order chi connectivity index (χ1) is 17.5. The van der Waals surface area contributed by atoms with Gasteiger partial charge in [0.25, 0.3) is 5.91 Å². The van der Waals surface area contributed by atoms with Gasteiger partial charge < -0.3 is 25.0 Å². The Morgan fingerprint density at radius 3 is 2.25 bits per heavy atom. The number of anilines is 1. The second-order valence-corrected chi connectivity index (χ2v) is 8.32. The van der Waals surface area contributed by atoms with E-state index in [9.17, 15) is 14.4 Å². The van der Waals surface area contributed by atoms with Crippen LogP contribution in [0.25, 0.3) is 0 Å². The van der Waals surface area contributed by atoms with Gasteiger partial charge in [0.2, 0.25) is 11.8 Å². The third kappa shape index (κ3) is 6.41. The lowest BCUT2D eigenvalue weighted by Crippen LogP contribution is -2.40. The molecule has 0 spiro atoms. The molecule has 4 rings (SSSR count). The van der Waals surface area contributed by atoms with Crippen LogP contribution in [0.2, 0.25) is 0 Å². The van der Waals surface area contributed by atoms with Crippen LogP contribution in [0.1, 0.15) is 35.3 Å². The minimum atomic E-state index is -0.540. The average molecular weight is 488 g/mol. The fourth-order valence-corrected chi connectivity index (χ4v) is 3.94. The highest BCUT2D eigenvalue weighted by Crippen LogP contribution is 2.32. The summed E-state index contributed by atoms with van der Waals surface area (Å²) in [4.78, 5) is 40.2. The molecule has 3 amide bonds. The molecule has 8 nitrogen and oxygen atoms in total. The number of fused-ring (bicyclic) bond motifs is 1. The average Bonchev–Trinajstić information content (AvgIpc) is 2.92. The zero-order chi connectivity index (χ0) is 25.3. The maximum atomic E-state index is 13.2. The summed E-state index contributed by atoms with van der Waals surface area (Å²) in [5.74, 6) is 0.372. The smallest absolute Gasteiger partial charge is 0.251 e. The molecular weight excluding hydrogens is 458 g/mol. The van der Waals surface area contributed by atoms with Crippen molar-refractivity contribution in [2.75, 3.05) is 31.6 Å². The lowest BCUT2D eigenvalue weighted by Gasteiger charge is -2.25. The molecule has 3 aromatic rings. The Bertz CT molecular complexity index is 1200. The van der Waals surface area contributed by atoms with Crippen LogP contribution in [0.3, 0.4) is 0 Å². The van der Waals surface area contributed by atoms with Gasteiger partial charge in [-0.1, -0.05) is 48.5 Å². The largest absolute Gasteiger partial charge is 0.486 e. The summed E-state index contributed by atoms with van der Waals surface area (Å²) in [6.07, 6.45) is 0.0216. The Hall–Kier alpha value is -4.33. The van der Waals surface area contributed by atoms with E-state index >= 15 is 0 Å². The molecule has 0 saturated carbocycles. The van der Waals surface area contributed by atoms with Gasteiger partial charge in [-0.3, -0.25) is 14.4 Å². The number of nitrogens with zero attached hydrogens (tertiary/aromatic N) is 1. The number of rotatable bonds is 9. The number of carbonyl (C=O) groups excluding carboxylic acids is 3.